The van der Waals surface area contributed by atoms with Crippen molar-refractivity contribution in [1.82, 2.24) is 14.9 Å². The molecule has 0 spiro atoms. The van der Waals surface area contributed by atoms with E-state index in [4.69, 9.17) is 0 Å². The van der Waals surface area contributed by atoms with E-state index in [-0.39, 0.29) is 29.3 Å². The molecule has 0 bridgehead atoms. The molecule has 1 heterocycles. The summed E-state index contributed by atoms with van der Waals surface area (Å²) in [4.78, 5) is 28.7. The van der Waals surface area contributed by atoms with Gasteiger partial charge in [-0.15, -0.1) is 11.3 Å². The fourth-order valence-corrected chi connectivity index (χ4v) is 5.71. The first-order valence-corrected chi connectivity index (χ1v) is 13.4. The Morgan fingerprint density at radius 3 is 2.39 bits per heavy atom. The molecule has 1 atom stereocenters. The lowest BCUT2D eigenvalue weighted by molar-refractivity contribution is -0.142. The lowest BCUT2D eigenvalue weighted by atomic mass is 10.0. The first-order chi connectivity index (χ1) is 15.7. The highest BCUT2D eigenvalue weighted by Gasteiger charge is 2.34. The van der Waals surface area contributed by atoms with Crippen LogP contribution < -0.4 is 10.0 Å². The smallest absolute Gasteiger partial charge is 0.243 e. The van der Waals surface area contributed by atoms with Gasteiger partial charge in [0.15, 0.2) is 0 Å². The minimum Gasteiger partial charge on any atom is -0.352 e. The zero-order valence-corrected chi connectivity index (χ0v) is 20.4. The molecule has 1 aromatic heterocycles. The first kappa shape index (κ1) is 25.3. The van der Waals surface area contributed by atoms with Gasteiger partial charge in [-0.3, -0.25) is 9.59 Å². The SMILES string of the molecule is CC(C)[C@@H](C(=O)NC1CCCC1)N(Cc1cccs1)C(=O)CNS(=O)(=O)c1ccc(F)cc1. The second-order valence-electron chi connectivity index (χ2n) is 8.56. The van der Waals surface area contributed by atoms with Crippen LogP contribution in [-0.2, 0) is 26.2 Å². The minimum absolute atomic E-state index is 0.106. The van der Waals surface area contributed by atoms with E-state index < -0.39 is 34.3 Å². The van der Waals surface area contributed by atoms with Crippen LogP contribution in [0.4, 0.5) is 4.39 Å². The van der Waals surface area contributed by atoms with Crippen LogP contribution in [0, 0.1) is 11.7 Å². The Labute approximate surface area is 198 Å². The second kappa shape index (κ2) is 11.2. The monoisotopic (exact) mass is 495 g/mol. The molecule has 0 saturated heterocycles. The number of carbonyl (C=O) groups excluding carboxylic acids is 2. The Balaban J connectivity index is 1.78. The van der Waals surface area contributed by atoms with Gasteiger partial charge in [0.25, 0.3) is 0 Å². The molecule has 180 valence electrons. The second-order valence-corrected chi connectivity index (χ2v) is 11.4. The maximum atomic E-state index is 13.3. The van der Waals surface area contributed by atoms with E-state index in [1.807, 2.05) is 31.4 Å². The molecule has 0 unspecified atom stereocenters. The number of nitrogens with one attached hydrogen (secondary N) is 2. The quantitative estimate of drug-likeness (QED) is 0.529. The van der Waals surface area contributed by atoms with E-state index in [0.29, 0.717) is 0 Å². The van der Waals surface area contributed by atoms with Gasteiger partial charge >= 0.3 is 0 Å². The molecule has 10 heteroatoms. The topological polar surface area (TPSA) is 95.6 Å². The Hall–Kier alpha value is -2.30. The van der Waals surface area contributed by atoms with Crippen LogP contribution >= 0.6 is 11.3 Å². The highest BCUT2D eigenvalue weighted by atomic mass is 32.2. The van der Waals surface area contributed by atoms with Gasteiger partial charge in [-0.2, -0.15) is 0 Å². The van der Waals surface area contributed by atoms with Crippen LogP contribution in [0.1, 0.15) is 44.4 Å². The summed E-state index contributed by atoms with van der Waals surface area (Å²) in [5.41, 5.74) is 0. The third-order valence-corrected chi connectivity index (χ3v) is 7.98. The zero-order valence-electron chi connectivity index (χ0n) is 18.8. The van der Waals surface area contributed by atoms with Gasteiger partial charge in [0, 0.05) is 10.9 Å². The molecular weight excluding hydrogens is 465 g/mol. The maximum Gasteiger partial charge on any atom is 0.243 e. The third kappa shape index (κ3) is 6.84. The van der Waals surface area contributed by atoms with E-state index in [0.717, 1.165) is 54.8 Å². The predicted octanol–water partition coefficient (Wildman–Crippen LogP) is 3.28. The van der Waals surface area contributed by atoms with Gasteiger partial charge in [-0.05, 0) is 54.5 Å². The van der Waals surface area contributed by atoms with Crippen LogP contribution in [0.15, 0.2) is 46.7 Å². The van der Waals surface area contributed by atoms with Gasteiger partial charge < -0.3 is 10.2 Å². The average Bonchev–Trinajstić information content (AvgIpc) is 3.46. The largest absolute Gasteiger partial charge is 0.352 e. The normalized spacial score (nSPS) is 15.5. The molecular formula is C23H30FN3O4S2. The highest BCUT2D eigenvalue weighted by molar-refractivity contribution is 7.89. The Bertz CT molecular complexity index is 1030. The van der Waals surface area contributed by atoms with Crippen LogP contribution in [0.3, 0.4) is 0 Å². The number of halogens is 1. The van der Waals surface area contributed by atoms with Gasteiger partial charge in [0.2, 0.25) is 21.8 Å². The molecule has 2 aromatic rings. The molecule has 33 heavy (non-hydrogen) atoms. The molecule has 2 amide bonds. The van der Waals surface area contributed by atoms with E-state index in [2.05, 4.69) is 10.0 Å². The van der Waals surface area contributed by atoms with Gasteiger partial charge in [0.05, 0.1) is 18.0 Å². The summed E-state index contributed by atoms with van der Waals surface area (Å²) in [6.45, 7) is 3.44. The number of carbonyl (C=O) groups is 2. The number of sulfonamides is 1. The molecule has 1 aromatic carbocycles. The Morgan fingerprint density at radius 1 is 1.15 bits per heavy atom. The number of rotatable bonds is 10. The average molecular weight is 496 g/mol. The number of hydrogen-bond donors (Lipinski definition) is 2. The maximum absolute atomic E-state index is 13.3. The van der Waals surface area contributed by atoms with E-state index in [1.54, 1.807) is 0 Å². The molecule has 7 nitrogen and oxygen atoms in total. The molecule has 1 fully saturated rings. The molecule has 0 aliphatic heterocycles. The highest BCUT2D eigenvalue weighted by Crippen LogP contribution is 2.22. The Morgan fingerprint density at radius 2 is 1.82 bits per heavy atom. The van der Waals surface area contributed by atoms with E-state index >= 15 is 0 Å². The summed E-state index contributed by atoms with van der Waals surface area (Å²) in [5.74, 6) is -1.46. The molecule has 1 aliphatic rings. The molecule has 1 saturated carbocycles. The van der Waals surface area contributed by atoms with Gasteiger partial charge in [-0.25, -0.2) is 17.5 Å². The molecule has 0 radical (unpaired) electrons. The lowest BCUT2D eigenvalue weighted by Gasteiger charge is -2.34. The number of thiophene rings is 1. The number of amides is 2. The Kier molecular flexibility index (Phi) is 8.61. The lowest BCUT2D eigenvalue weighted by Crippen LogP contribution is -2.55. The summed E-state index contributed by atoms with van der Waals surface area (Å²) in [6.07, 6.45) is 3.99. The van der Waals surface area contributed by atoms with E-state index in [9.17, 15) is 22.4 Å². The molecule has 3 rings (SSSR count). The van der Waals surface area contributed by atoms with Crippen molar-refractivity contribution in [3.05, 3.63) is 52.5 Å². The van der Waals surface area contributed by atoms with Crippen molar-refractivity contribution in [2.24, 2.45) is 5.92 Å². The van der Waals surface area contributed by atoms with Crippen molar-refractivity contribution in [1.29, 1.82) is 0 Å². The molecule has 2 N–H and O–H groups in total. The van der Waals surface area contributed by atoms with Crippen molar-refractivity contribution in [2.75, 3.05) is 6.54 Å². The fourth-order valence-electron chi connectivity index (χ4n) is 4.03. The van der Waals surface area contributed by atoms with Crippen LogP contribution in [-0.4, -0.2) is 43.8 Å². The first-order valence-electron chi connectivity index (χ1n) is 11.0. The van der Waals surface area contributed by atoms with Gasteiger partial charge in [-0.1, -0.05) is 32.8 Å². The minimum atomic E-state index is -4.01. The molecule has 1 aliphatic carbocycles. The fraction of sp³-hybridized carbons (Fsp3) is 0.478. The standard InChI is InChI=1S/C23H30FN3O4S2/c1-16(2)22(23(29)26-18-6-3-4-7-18)27(15-19-8-5-13-32-19)21(28)14-25-33(30,31)20-11-9-17(24)10-12-20/h5,8-13,16,18,22,25H,3-4,6-7,14-15H2,1-2H3,(H,26,29)/t22-/m0/s1. The predicted molar refractivity (Wildman–Crippen MR) is 125 cm³/mol. The van der Waals surface area contributed by atoms with Crippen LogP contribution in [0.2, 0.25) is 0 Å². The van der Waals surface area contributed by atoms with Crippen LogP contribution in [0.25, 0.3) is 0 Å². The third-order valence-electron chi connectivity index (χ3n) is 5.70. The summed E-state index contributed by atoms with van der Waals surface area (Å²) in [7, 11) is -4.01. The summed E-state index contributed by atoms with van der Waals surface area (Å²) >= 11 is 1.46. The summed E-state index contributed by atoms with van der Waals surface area (Å²) in [6, 6.07) is 7.46. The van der Waals surface area contributed by atoms with Crippen molar-refractivity contribution < 1.29 is 22.4 Å². The van der Waals surface area contributed by atoms with Crippen LogP contribution in [0.5, 0.6) is 0 Å². The van der Waals surface area contributed by atoms with Crippen molar-refractivity contribution >= 4 is 33.2 Å². The van der Waals surface area contributed by atoms with Gasteiger partial charge in [0.1, 0.15) is 11.9 Å². The number of hydrogen-bond acceptors (Lipinski definition) is 5. The van der Waals surface area contributed by atoms with Crippen molar-refractivity contribution in [3.8, 4) is 0 Å². The summed E-state index contributed by atoms with van der Waals surface area (Å²) < 4.78 is 40.6. The summed E-state index contributed by atoms with van der Waals surface area (Å²) in [5, 5.41) is 4.96. The van der Waals surface area contributed by atoms with Crippen molar-refractivity contribution in [2.45, 2.75) is 63.1 Å². The number of benzene rings is 1. The zero-order chi connectivity index (χ0) is 24.0. The van der Waals surface area contributed by atoms with Crippen molar-refractivity contribution in [3.63, 3.8) is 0 Å². The number of nitrogens with zero attached hydrogens (tertiary/aromatic N) is 1. The van der Waals surface area contributed by atoms with E-state index in [1.165, 1.54) is 16.2 Å².